The molecule has 0 radical (unpaired) electrons. The topological polar surface area (TPSA) is 91.0 Å². The zero-order valence-corrected chi connectivity index (χ0v) is 12.6. The van der Waals surface area contributed by atoms with Crippen molar-refractivity contribution in [2.24, 2.45) is 0 Å². The number of hydrogen-bond donors (Lipinski definition) is 2. The van der Waals surface area contributed by atoms with E-state index in [0.717, 1.165) is 4.47 Å². The second-order valence-corrected chi connectivity index (χ2v) is 5.01. The van der Waals surface area contributed by atoms with Gasteiger partial charge in [0.1, 0.15) is 17.4 Å². The Labute approximate surface area is 129 Å². The van der Waals surface area contributed by atoms with Gasteiger partial charge >= 0.3 is 0 Å². The molecule has 6 nitrogen and oxygen atoms in total. The molecule has 0 aliphatic heterocycles. The first-order valence-electron chi connectivity index (χ1n) is 5.95. The van der Waals surface area contributed by atoms with Crippen LogP contribution in [-0.4, -0.2) is 11.1 Å². The van der Waals surface area contributed by atoms with Gasteiger partial charge in [-0.2, -0.15) is 5.26 Å². The average Bonchev–Trinajstić information content (AvgIpc) is 2.88. The van der Waals surface area contributed by atoms with Gasteiger partial charge in [0.15, 0.2) is 5.82 Å². The summed E-state index contributed by atoms with van der Waals surface area (Å²) in [6.07, 6.45) is 1.28. The fourth-order valence-electron chi connectivity index (χ4n) is 1.46. The van der Waals surface area contributed by atoms with Crippen LogP contribution in [0.15, 0.2) is 51.1 Å². The summed E-state index contributed by atoms with van der Waals surface area (Å²) in [5, 5.41) is 18.1. The normalized spacial score (nSPS) is 10.8. The molecule has 2 rings (SSSR count). The first-order valence-corrected chi connectivity index (χ1v) is 6.75. The number of anilines is 2. The average molecular weight is 347 g/mol. The van der Waals surface area contributed by atoms with Gasteiger partial charge in [0.25, 0.3) is 5.91 Å². The zero-order valence-electron chi connectivity index (χ0n) is 11.1. The van der Waals surface area contributed by atoms with Gasteiger partial charge in [-0.1, -0.05) is 21.1 Å². The van der Waals surface area contributed by atoms with Crippen LogP contribution in [0.5, 0.6) is 0 Å². The largest absolute Gasteiger partial charge is 0.360 e. The van der Waals surface area contributed by atoms with E-state index in [0.29, 0.717) is 17.3 Å². The summed E-state index contributed by atoms with van der Waals surface area (Å²) in [6, 6.07) is 10.5. The number of rotatable bonds is 4. The summed E-state index contributed by atoms with van der Waals surface area (Å²) in [7, 11) is 0. The number of nitrogens with zero attached hydrogens (tertiary/aromatic N) is 2. The monoisotopic (exact) mass is 346 g/mol. The molecular formula is C14H11BrN4O2. The van der Waals surface area contributed by atoms with Crippen LogP contribution in [0.1, 0.15) is 5.76 Å². The molecule has 0 aliphatic rings. The van der Waals surface area contributed by atoms with E-state index in [4.69, 9.17) is 9.78 Å². The van der Waals surface area contributed by atoms with Crippen LogP contribution >= 0.6 is 15.9 Å². The number of aromatic nitrogens is 1. The zero-order chi connectivity index (χ0) is 15.2. The third-order valence-electron chi connectivity index (χ3n) is 2.46. The van der Waals surface area contributed by atoms with Crippen molar-refractivity contribution in [3.8, 4) is 6.07 Å². The Bertz CT molecular complexity index is 713. The first kappa shape index (κ1) is 14.8. The third kappa shape index (κ3) is 4.19. The number of benzene rings is 1. The Balaban J connectivity index is 2.04. The fraction of sp³-hybridized carbons (Fsp3) is 0.0714. The molecule has 2 N–H and O–H groups in total. The van der Waals surface area contributed by atoms with Crippen LogP contribution in [0, 0.1) is 18.3 Å². The Hall–Kier alpha value is -2.59. The van der Waals surface area contributed by atoms with E-state index >= 15 is 0 Å². The number of hydrogen-bond acceptors (Lipinski definition) is 5. The number of nitrogens with one attached hydrogen (secondary N) is 2. The van der Waals surface area contributed by atoms with E-state index in [2.05, 4.69) is 31.7 Å². The molecule has 0 atom stereocenters. The van der Waals surface area contributed by atoms with Crippen LogP contribution in [0.3, 0.4) is 0 Å². The molecule has 0 saturated heterocycles. The van der Waals surface area contributed by atoms with Crippen molar-refractivity contribution in [1.29, 1.82) is 5.26 Å². The maximum atomic E-state index is 12.0. The number of nitriles is 1. The van der Waals surface area contributed by atoms with Crippen LogP contribution < -0.4 is 10.6 Å². The minimum atomic E-state index is -0.507. The third-order valence-corrected chi connectivity index (χ3v) is 2.99. The van der Waals surface area contributed by atoms with Gasteiger partial charge in [0, 0.05) is 22.4 Å². The number of amides is 1. The molecular weight excluding hydrogens is 336 g/mol. The smallest absolute Gasteiger partial charge is 0.267 e. The molecule has 1 aromatic heterocycles. The molecule has 7 heteroatoms. The van der Waals surface area contributed by atoms with Gasteiger partial charge in [-0.3, -0.25) is 4.79 Å². The summed E-state index contributed by atoms with van der Waals surface area (Å²) in [4.78, 5) is 12.0. The highest BCUT2D eigenvalue weighted by molar-refractivity contribution is 9.10. The Morgan fingerprint density at radius 2 is 2.14 bits per heavy atom. The number of carbonyl (C=O) groups excluding carboxylic acids is 1. The predicted octanol–water partition coefficient (Wildman–Crippen LogP) is 3.20. The molecule has 0 fully saturated rings. The molecule has 1 aromatic carbocycles. The Morgan fingerprint density at radius 3 is 2.71 bits per heavy atom. The molecule has 21 heavy (non-hydrogen) atoms. The second-order valence-electron chi connectivity index (χ2n) is 4.10. The number of carbonyl (C=O) groups is 1. The van der Waals surface area contributed by atoms with Crippen molar-refractivity contribution in [3.05, 3.63) is 52.3 Å². The van der Waals surface area contributed by atoms with E-state index in [1.165, 1.54) is 6.20 Å². The highest BCUT2D eigenvalue weighted by Crippen LogP contribution is 2.15. The van der Waals surface area contributed by atoms with E-state index in [9.17, 15) is 4.79 Å². The summed E-state index contributed by atoms with van der Waals surface area (Å²) in [5.74, 6) is 0.549. The van der Waals surface area contributed by atoms with E-state index in [-0.39, 0.29) is 5.57 Å². The summed E-state index contributed by atoms with van der Waals surface area (Å²) in [5.41, 5.74) is 0.528. The van der Waals surface area contributed by atoms with Gasteiger partial charge in [-0.25, -0.2) is 0 Å². The van der Waals surface area contributed by atoms with Gasteiger partial charge in [-0.05, 0) is 31.2 Å². The van der Waals surface area contributed by atoms with Crippen molar-refractivity contribution in [2.45, 2.75) is 6.92 Å². The SMILES string of the molecule is Cc1cc(N/C=C(/C#N)C(=O)Nc2ccc(Br)cc2)no1. The van der Waals surface area contributed by atoms with Gasteiger partial charge < -0.3 is 15.2 Å². The molecule has 0 bridgehead atoms. The minimum absolute atomic E-state index is 0.0708. The Morgan fingerprint density at radius 1 is 1.43 bits per heavy atom. The fourth-order valence-corrected chi connectivity index (χ4v) is 1.73. The van der Waals surface area contributed by atoms with E-state index in [1.54, 1.807) is 37.3 Å². The van der Waals surface area contributed by atoms with E-state index < -0.39 is 5.91 Å². The van der Waals surface area contributed by atoms with Crippen molar-refractivity contribution >= 4 is 33.3 Å². The molecule has 2 aromatic rings. The number of halogens is 1. The van der Waals surface area contributed by atoms with Gasteiger partial charge in [0.05, 0.1) is 0 Å². The van der Waals surface area contributed by atoms with Crippen molar-refractivity contribution in [3.63, 3.8) is 0 Å². The first-order chi connectivity index (χ1) is 10.1. The highest BCUT2D eigenvalue weighted by Gasteiger charge is 2.09. The van der Waals surface area contributed by atoms with Crippen molar-refractivity contribution < 1.29 is 9.32 Å². The number of aryl methyl sites for hydroxylation is 1. The standard InChI is InChI=1S/C14H11BrN4O2/c1-9-6-13(19-21-9)17-8-10(7-16)14(20)18-12-4-2-11(15)3-5-12/h2-6,8H,1H3,(H,17,19)(H,18,20)/b10-8-. The van der Waals surface area contributed by atoms with Crippen LogP contribution in [0.25, 0.3) is 0 Å². The maximum Gasteiger partial charge on any atom is 0.267 e. The van der Waals surface area contributed by atoms with Crippen molar-refractivity contribution in [1.82, 2.24) is 5.16 Å². The van der Waals surface area contributed by atoms with Crippen LogP contribution in [0.4, 0.5) is 11.5 Å². The lowest BCUT2D eigenvalue weighted by Crippen LogP contribution is -2.14. The quantitative estimate of drug-likeness (QED) is 0.655. The summed E-state index contributed by atoms with van der Waals surface area (Å²) in [6.45, 7) is 1.74. The van der Waals surface area contributed by atoms with Gasteiger partial charge in [0.2, 0.25) is 0 Å². The van der Waals surface area contributed by atoms with Gasteiger partial charge in [-0.15, -0.1) is 0 Å². The minimum Gasteiger partial charge on any atom is -0.360 e. The summed E-state index contributed by atoms with van der Waals surface area (Å²) >= 11 is 3.30. The molecule has 0 saturated carbocycles. The van der Waals surface area contributed by atoms with E-state index in [1.807, 2.05) is 6.07 Å². The maximum absolute atomic E-state index is 12.0. The predicted molar refractivity (Wildman–Crippen MR) is 81.3 cm³/mol. The molecule has 1 amide bonds. The molecule has 0 aliphatic carbocycles. The Kier molecular flexibility index (Phi) is 4.74. The molecule has 0 spiro atoms. The highest BCUT2D eigenvalue weighted by atomic mass is 79.9. The lowest BCUT2D eigenvalue weighted by atomic mass is 10.2. The lowest BCUT2D eigenvalue weighted by Gasteiger charge is -2.04. The molecule has 0 unspecified atom stereocenters. The molecule has 106 valence electrons. The lowest BCUT2D eigenvalue weighted by molar-refractivity contribution is -0.112. The second kappa shape index (κ2) is 6.72. The van der Waals surface area contributed by atoms with Crippen LogP contribution in [-0.2, 0) is 4.79 Å². The van der Waals surface area contributed by atoms with Crippen molar-refractivity contribution in [2.75, 3.05) is 10.6 Å². The summed E-state index contributed by atoms with van der Waals surface area (Å²) < 4.78 is 5.77. The van der Waals surface area contributed by atoms with Crippen LogP contribution in [0.2, 0.25) is 0 Å². The molecule has 1 heterocycles.